The second kappa shape index (κ2) is 8.77. The molecule has 1 amide bonds. The Morgan fingerprint density at radius 3 is 2.43 bits per heavy atom. The van der Waals surface area contributed by atoms with Crippen molar-refractivity contribution in [3.8, 4) is 11.5 Å². The minimum Gasteiger partial charge on any atom is -0.497 e. The molecule has 1 atom stereocenters. The number of amides is 1. The van der Waals surface area contributed by atoms with Gasteiger partial charge in [0.25, 0.3) is 5.91 Å². The smallest absolute Gasteiger partial charge is 0.263 e. The maximum atomic E-state index is 12.5. The quantitative estimate of drug-likeness (QED) is 0.837. The van der Waals surface area contributed by atoms with E-state index in [0.29, 0.717) is 5.75 Å². The Hall–Kier alpha value is -1.75. The standard InChI is InChI=1S/C18H28N2O3/c1-14(23-17-6-4-16(22-3)5-7-17)18(21)20-12-9-15(10-13-20)8-11-19-2/h4-7,14-15,19H,8-13H2,1-3H3. The summed E-state index contributed by atoms with van der Waals surface area (Å²) in [5, 5.41) is 3.19. The third-order valence-electron chi connectivity index (χ3n) is 4.45. The van der Waals surface area contributed by atoms with Crippen LogP contribution in [0.25, 0.3) is 0 Å². The molecule has 5 nitrogen and oxygen atoms in total. The number of benzene rings is 1. The van der Waals surface area contributed by atoms with Gasteiger partial charge >= 0.3 is 0 Å². The van der Waals surface area contributed by atoms with Gasteiger partial charge in [-0.1, -0.05) is 0 Å². The first kappa shape index (κ1) is 17.6. The molecule has 0 saturated carbocycles. The molecule has 1 heterocycles. The average molecular weight is 320 g/mol. The van der Waals surface area contributed by atoms with Gasteiger partial charge in [-0.2, -0.15) is 0 Å². The van der Waals surface area contributed by atoms with Crippen LogP contribution in [0.1, 0.15) is 26.2 Å². The molecule has 1 aromatic carbocycles. The third kappa shape index (κ3) is 5.13. The van der Waals surface area contributed by atoms with Crippen molar-refractivity contribution in [2.45, 2.75) is 32.3 Å². The van der Waals surface area contributed by atoms with Crippen LogP contribution in [0.5, 0.6) is 11.5 Å². The van der Waals surface area contributed by atoms with Gasteiger partial charge in [-0.15, -0.1) is 0 Å². The summed E-state index contributed by atoms with van der Waals surface area (Å²) in [4.78, 5) is 14.4. The number of likely N-dealkylation sites (tertiary alicyclic amines) is 1. The van der Waals surface area contributed by atoms with Gasteiger partial charge in [-0.25, -0.2) is 0 Å². The van der Waals surface area contributed by atoms with E-state index in [2.05, 4.69) is 5.32 Å². The second-order valence-electron chi connectivity index (χ2n) is 6.10. The molecule has 2 rings (SSSR count). The lowest BCUT2D eigenvalue weighted by Gasteiger charge is -2.33. The SMILES string of the molecule is CNCCC1CCN(C(=O)C(C)Oc2ccc(OC)cc2)CC1. The largest absolute Gasteiger partial charge is 0.497 e. The summed E-state index contributed by atoms with van der Waals surface area (Å²) in [5.74, 6) is 2.27. The van der Waals surface area contributed by atoms with Crippen molar-refractivity contribution in [1.82, 2.24) is 10.2 Å². The lowest BCUT2D eigenvalue weighted by atomic mass is 9.93. The number of nitrogens with one attached hydrogen (secondary N) is 1. The highest BCUT2D eigenvalue weighted by molar-refractivity contribution is 5.81. The number of carbonyl (C=O) groups is 1. The molecule has 0 aliphatic carbocycles. The van der Waals surface area contributed by atoms with Gasteiger partial charge < -0.3 is 19.7 Å². The van der Waals surface area contributed by atoms with E-state index in [4.69, 9.17) is 9.47 Å². The first-order valence-corrected chi connectivity index (χ1v) is 8.38. The van der Waals surface area contributed by atoms with E-state index < -0.39 is 6.10 Å². The minimum atomic E-state index is -0.461. The normalized spacial score (nSPS) is 16.9. The maximum absolute atomic E-state index is 12.5. The Balaban J connectivity index is 1.80. The highest BCUT2D eigenvalue weighted by Gasteiger charge is 2.26. The van der Waals surface area contributed by atoms with Crippen LogP contribution in [0, 0.1) is 5.92 Å². The van der Waals surface area contributed by atoms with Crippen molar-refractivity contribution >= 4 is 5.91 Å². The lowest BCUT2D eigenvalue weighted by Crippen LogP contribution is -2.45. The molecule has 1 saturated heterocycles. The third-order valence-corrected chi connectivity index (χ3v) is 4.45. The van der Waals surface area contributed by atoms with E-state index in [1.54, 1.807) is 7.11 Å². The number of piperidine rings is 1. The zero-order chi connectivity index (χ0) is 16.7. The highest BCUT2D eigenvalue weighted by atomic mass is 16.5. The average Bonchev–Trinajstić information content (AvgIpc) is 2.60. The molecule has 1 aliphatic rings. The Kier molecular flexibility index (Phi) is 6.71. The van der Waals surface area contributed by atoms with Crippen molar-refractivity contribution in [2.75, 3.05) is 33.8 Å². The van der Waals surface area contributed by atoms with Gasteiger partial charge in [0.15, 0.2) is 6.10 Å². The molecule has 0 radical (unpaired) electrons. The van der Waals surface area contributed by atoms with Crippen LogP contribution in [0.3, 0.4) is 0 Å². The summed E-state index contributed by atoms with van der Waals surface area (Å²) in [7, 11) is 3.61. The molecule has 0 aromatic heterocycles. The number of nitrogens with zero attached hydrogens (tertiary/aromatic N) is 1. The molecule has 1 aliphatic heterocycles. The number of ether oxygens (including phenoxy) is 2. The highest BCUT2D eigenvalue weighted by Crippen LogP contribution is 2.22. The lowest BCUT2D eigenvalue weighted by molar-refractivity contribution is -0.139. The van der Waals surface area contributed by atoms with Gasteiger partial charge in [0.1, 0.15) is 11.5 Å². The molecule has 1 fully saturated rings. The van der Waals surface area contributed by atoms with E-state index in [1.165, 1.54) is 6.42 Å². The zero-order valence-corrected chi connectivity index (χ0v) is 14.4. The molecular weight excluding hydrogens is 292 g/mol. The van der Waals surface area contributed by atoms with E-state index in [-0.39, 0.29) is 5.91 Å². The van der Waals surface area contributed by atoms with Crippen molar-refractivity contribution in [1.29, 1.82) is 0 Å². The summed E-state index contributed by atoms with van der Waals surface area (Å²) in [6, 6.07) is 7.32. The van der Waals surface area contributed by atoms with E-state index in [0.717, 1.165) is 44.1 Å². The number of hydrogen-bond acceptors (Lipinski definition) is 4. The van der Waals surface area contributed by atoms with Crippen LogP contribution < -0.4 is 14.8 Å². The van der Waals surface area contributed by atoms with Gasteiger partial charge in [-0.3, -0.25) is 4.79 Å². The Bertz CT molecular complexity index is 482. The molecule has 1 unspecified atom stereocenters. The van der Waals surface area contributed by atoms with Crippen molar-refractivity contribution in [3.05, 3.63) is 24.3 Å². The van der Waals surface area contributed by atoms with Crippen LogP contribution in [0.2, 0.25) is 0 Å². The summed E-state index contributed by atoms with van der Waals surface area (Å²) >= 11 is 0. The fraction of sp³-hybridized carbons (Fsp3) is 0.611. The van der Waals surface area contributed by atoms with E-state index in [1.807, 2.05) is 43.1 Å². The Morgan fingerprint density at radius 2 is 1.87 bits per heavy atom. The minimum absolute atomic E-state index is 0.0767. The Morgan fingerprint density at radius 1 is 1.26 bits per heavy atom. The molecule has 0 spiro atoms. The molecule has 0 bridgehead atoms. The fourth-order valence-corrected chi connectivity index (χ4v) is 2.96. The van der Waals surface area contributed by atoms with Crippen LogP contribution in [-0.2, 0) is 4.79 Å². The molecule has 128 valence electrons. The van der Waals surface area contributed by atoms with Crippen LogP contribution >= 0.6 is 0 Å². The number of rotatable bonds is 7. The summed E-state index contributed by atoms with van der Waals surface area (Å²) in [6.45, 7) is 4.54. The predicted octanol–water partition coefficient (Wildman–Crippen LogP) is 2.31. The molecular formula is C18H28N2O3. The van der Waals surface area contributed by atoms with Crippen molar-refractivity contribution < 1.29 is 14.3 Å². The van der Waals surface area contributed by atoms with Gasteiger partial charge in [0.05, 0.1) is 7.11 Å². The molecule has 1 aromatic rings. The molecule has 1 N–H and O–H groups in total. The number of carbonyl (C=O) groups excluding carboxylic acids is 1. The number of methoxy groups -OCH3 is 1. The summed E-state index contributed by atoms with van der Waals surface area (Å²) < 4.78 is 10.9. The monoisotopic (exact) mass is 320 g/mol. The Labute approximate surface area is 139 Å². The van der Waals surface area contributed by atoms with E-state index in [9.17, 15) is 4.79 Å². The van der Waals surface area contributed by atoms with Gasteiger partial charge in [0.2, 0.25) is 0 Å². The zero-order valence-electron chi connectivity index (χ0n) is 14.4. The first-order chi connectivity index (χ1) is 11.1. The molecule has 23 heavy (non-hydrogen) atoms. The summed E-state index contributed by atoms with van der Waals surface area (Å²) in [6.07, 6.45) is 2.90. The topological polar surface area (TPSA) is 50.8 Å². The van der Waals surface area contributed by atoms with Crippen molar-refractivity contribution in [2.24, 2.45) is 5.92 Å². The predicted molar refractivity (Wildman–Crippen MR) is 90.9 cm³/mol. The summed E-state index contributed by atoms with van der Waals surface area (Å²) in [5.41, 5.74) is 0. The van der Waals surface area contributed by atoms with Crippen LogP contribution in [0.15, 0.2) is 24.3 Å². The fourth-order valence-electron chi connectivity index (χ4n) is 2.96. The maximum Gasteiger partial charge on any atom is 0.263 e. The van der Waals surface area contributed by atoms with Crippen LogP contribution in [-0.4, -0.2) is 50.7 Å². The van der Waals surface area contributed by atoms with E-state index >= 15 is 0 Å². The van der Waals surface area contributed by atoms with Gasteiger partial charge in [-0.05, 0) is 70.0 Å². The molecule has 5 heteroatoms. The van der Waals surface area contributed by atoms with Gasteiger partial charge in [0, 0.05) is 13.1 Å². The number of hydrogen-bond donors (Lipinski definition) is 1. The first-order valence-electron chi connectivity index (χ1n) is 8.38. The second-order valence-corrected chi connectivity index (χ2v) is 6.10. The van der Waals surface area contributed by atoms with Crippen molar-refractivity contribution in [3.63, 3.8) is 0 Å². The van der Waals surface area contributed by atoms with Crippen LogP contribution in [0.4, 0.5) is 0 Å².